The molecule has 2 aromatic rings. The molecular formula is C55H82BN11O8. The number of likely N-dealkylation sites (N-methyl/N-ethyl adjacent to an activating group) is 2. The summed E-state index contributed by atoms with van der Waals surface area (Å²) >= 11 is 0. The number of hydrogen-bond acceptors (Lipinski definition) is 11. The smallest absolute Gasteiger partial charge is 0.246 e. The zero-order chi connectivity index (χ0) is 54.7. The summed E-state index contributed by atoms with van der Waals surface area (Å²) in [5.74, 6) is -2.93. The fraction of sp³-hybridized carbons (Fsp3) is 0.636. The molecule has 2 aromatic carbocycles. The van der Waals surface area contributed by atoms with Crippen LogP contribution < -0.4 is 37.6 Å². The molecule has 8 N–H and O–H groups in total. The van der Waals surface area contributed by atoms with Crippen LogP contribution in [0.1, 0.15) is 140 Å². The van der Waals surface area contributed by atoms with Crippen molar-refractivity contribution in [2.24, 2.45) is 11.1 Å². The van der Waals surface area contributed by atoms with Gasteiger partial charge in [-0.05, 0) is 133 Å². The molecule has 2 radical (unpaired) electrons. The Labute approximate surface area is 444 Å². The van der Waals surface area contributed by atoms with E-state index in [-0.39, 0.29) is 99.8 Å². The highest BCUT2D eigenvalue weighted by atomic mass is 16.2. The van der Waals surface area contributed by atoms with Crippen molar-refractivity contribution in [3.63, 3.8) is 0 Å². The Balaban J connectivity index is 1.03. The lowest BCUT2D eigenvalue weighted by atomic mass is 9.85. The van der Waals surface area contributed by atoms with Crippen molar-refractivity contribution >= 4 is 55.2 Å². The lowest BCUT2D eigenvalue weighted by molar-refractivity contribution is -0.144. The molecule has 19 nitrogen and oxygen atoms in total. The Morgan fingerprint density at radius 1 is 0.693 bits per heavy atom. The van der Waals surface area contributed by atoms with Crippen LogP contribution in [0.3, 0.4) is 0 Å². The normalized spacial score (nSPS) is 23.0. The summed E-state index contributed by atoms with van der Waals surface area (Å²) in [6.07, 6.45) is 6.33. The molecule has 0 bridgehead atoms. The number of hydrogen-bond donors (Lipinski definition) is 7. The predicted octanol–water partition coefficient (Wildman–Crippen LogP) is 1.82. The van der Waals surface area contributed by atoms with E-state index in [0.29, 0.717) is 6.42 Å². The van der Waals surface area contributed by atoms with Gasteiger partial charge in [0.2, 0.25) is 47.3 Å². The molecule has 2 aliphatic heterocycles. The minimum atomic E-state index is -1.03. The maximum absolute atomic E-state index is 14.6. The van der Waals surface area contributed by atoms with Crippen LogP contribution in [0.5, 0.6) is 0 Å². The minimum absolute atomic E-state index is 0.00698. The molecule has 408 valence electrons. The molecule has 75 heavy (non-hydrogen) atoms. The van der Waals surface area contributed by atoms with Gasteiger partial charge in [-0.3, -0.25) is 43.3 Å². The largest absolute Gasteiger partial charge is 0.356 e. The van der Waals surface area contributed by atoms with Crippen LogP contribution in [0.2, 0.25) is 0 Å². The average Bonchev–Trinajstić information content (AvgIpc) is 3.99. The Kier molecular flexibility index (Phi) is 20.5. The van der Waals surface area contributed by atoms with Crippen LogP contribution in [0.25, 0.3) is 0 Å². The monoisotopic (exact) mass is 1040 g/mol. The number of carbonyl (C=O) groups excluding carboxylic acids is 8. The van der Waals surface area contributed by atoms with Gasteiger partial charge >= 0.3 is 0 Å². The van der Waals surface area contributed by atoms with Crippen LogP contribution in [0, 0.1) is 5.41 Å². The maximum atomic E-state index is 14.6. The van der Waals surface area contributed by atoms with E-state index in [9.17, 15) is 38.4 Å². The van der Waals surface area contributed by atoms with Gasteiger partial charge in [0.1, 0.15) is 24.2 Å². The van der Waals surface area contributed by atoms with Crippen molar-refractivity contribution in [1.29, 1.82) is 0 Å². The van der Waals surface area contributed by atoms with Crippen LogP contribution in [-0.2, 0) is 51.2 Å². The number of benzene rings is 2. The van der Waals surface area contributed by atoms with Crippen LogP contribution in [0.15, 0.2) is 48.5 Å². The third kappa shape index (κ3) is 15.4. The number of carbonyl (C=O) groups is 8. The van der Waals surface area contributed by atoms with E-state index < -0.39 is 71.5 Å². The molecule has 4 aliphatic rings. The van der Waals surface area contributed by atoms with E-state index >= 15 is 0 Å². The SMILES string of the molecule is [B]N(C)[C@@H](C)C(=O)N[C@@H](CCCNC(=O)CCCC(=O)N[C@H]1C[C@@H](C(=O)N[C@@H]2CCCc3ccccc32)N(C(=O)[C@@H](NC(=O)[C@H](C)N(C)C)C(C)(C)C)C1)C(=O)N1C[C@@H](N)C[C@H]1C(=O)N[C@@H]1CCCc2ccccc21. The fourth-order valence-electron chi connectivity index (χ4n) is 10.7. The van der Waals surface area contributed by atoms with Gasteiger partial charge in [0.25, 0.3) is 0 Å². The first-order chi connectivity index (χ1) is 35.5. The Bertz CT molecular complexity index is 2380. The first kappa shape index (κ1) is 58.4. The van der Waals surface area contributed by atoms with E-state index in [1.165, 1.54) is 25.7 Å². The summed E-state index contributed by atoms with van der Waals surface area (Å²) in [4.78, 5) is 116. The molecule has 2 saturated heterocycles. The zero-order valence-electron chi connectivity index (χ0n) is 45.4. The standard InChI is InChI=1S/C55H82BN11O8/c1-33(64(6)7)49(70)63-48(55(3,4)5)54(75)67-32-38(30-45(67)52(73)61-42-24-14-20-36-18-10-12-22-40(36)42)59-47(69)27-15-26-46(68)58-28-16-25-43(62-50(71)34(2)65(8)56)53(74)66-31-37(57)29-44(66)51(72)60-41-23-13-19-35-17-9-11-21-39(35)41/h9-12,17-18,21-22,33-34,37-38,41-45,48H,13-16,19-20,23-32,57H2,1-8H3,(H,58,68)(H,59,69)(H,60,72)(H,61,73)(H,62,71)(H,63,70)/t33-,34-,37-,38-,41+,42+,43-,44-,45-,48+/m0/s1. The van der Waals surface area contributed by atoms with E-state index in [4.69, 9.17) is 13.7 Å². The highest BCUT2D eigenvalue weighted by molar-refractivity contribution is 6.06. The van der Waals surface area contributed by atoms with Gasteiger partial charge in [0.15, 0.2) is 7.98 Å². The van der Waals surface area contributed by atoms with E-state index in [1.54, 1.807) is 39.9 Å². The lowest BCUT2D eigenvalue weighted by Gasteiger charge is -2.37. The van der Waals surface area contributed by atoms with Gasteiger partial charge in [-0.2, -0.15) is 0 Å². The Morgan fingerprint density at radius 3 is 1.79 bits per heavy atom. The molecule has 10 atom stereocenters. The van der Waals surface area contributed by atoms with Crippen molar-refractivity contribution in [2.75, 3.05) is 40.8 Å². The van der Waals surface area contributed by atoms with Crippen LogP contribution >= 0.6 is 0 Å². The number of aryl methyl sites for hydroxylation is 2. The van der Waals surface area contributed by atoms with Gasteiger partial charge in [0.05, 0.1) is 24.2 Å². The number of rotatable bonds is 21. The van der Waals surface area contributed by atoms with E-state index in [2.05, 4.69) is 44.0 Å². The highest BCUT2D eigenvalue weighted by Crippen LogP contribution is 2.33. The number of nitrogens with zero attached hydrogens (tertiary/aromatic N) is 4. The quantitative estimate of drug-likeness (QED) is 0.0703. The van der Waals surface area contributed by atoms with Crippen molar-refractivity contribution in [2.45, 2.75) is 179 Å². The molecule has 8 amide bonds. The summed E-state index contributed by atoms with van der Waals surface area (Å²) in [6, 6.07) is 9.60. The Hall–Kier alpha value is -5.86. The predicted molar refractivity (Wildman–Crippen MR) is 286 cm³/mol. The number of nitrogens with two attached hydrogens (primary N) is 1. The summed E-state index contributed by atoms with van der Waals surface area (Å²) in [5, 5.41) is 18.0. The number of amides is 8. The van der Waals surface area contributed by atoms with Crippen molar-refractivity contribution < 1.29 is 38.4 Å². The number of fused-ring (bicyclic) bond motifs is 2. The van der Waals surface area contributed by atoms with E-state index in [1.807, 2.05) is 57.2 Å². The third-order valence-electron chi connectivity index (χ3n) is 15.5. The molecule has 0 spiro atoms. The minimum Gasteiger partial charge on any atom is -0.356 e. The summed E-state index contributed by atoms with van der Waals surface area (Å²) in [6.45, 7) is 9.30. The maximum Gasteiger partial charge on any atom is 0.246 e. The third-order valence-corrected chi connectivity index (χ3v) is 15.5. The number of nitrogens with one attached hydrogen (secondary N) is 6. The second-order valence-electron chi connectivity index (χ2n) is 22.5. The van der Waals surface area contributed by atoms with Gasteiger partial charge in [-0.1, -0.05) is 69.3 Å². The van der Waals surface area contributed by atoms with Crippen molar-refractivity contribution in [3.8, 4) is 0 Å². The van der Waals surface area contributed by atoms with Gasteiger partial charge in [-0.15, -0.1) is 0 Å². The molecule has 20 heteroatoms. The first-order valence-corrected chi connectivity index (χ1v) is 27.0. The Morgan fingerprint density at radius 2 is 1.23 bits per heavy atom. The van der Waals surface area contributed by atoms with Crippen LogP contribution in [-0.4, -0.2) is 164 Å². The molecule has 0 aromatic heterocycles. The molecule has 2 heterocycles. The zero-order valence-corrected chi connectivity index (χ0v) is 45.4. The highest BCUT2D eigenvalue weighted by Gasteiger charge is 2.47. The summed E-state index contributed by atoms with van der Waals surface area (Å²) in [7, 11) is 11.0. The molecule has 2 fully saturated rings. The second-order valence-corrected chi connectivity index (χ2v) is 22.5. The molecule has 0 saturated carbocycles. The van der Waals surface area contributed by atoms with Gasteiger partial charge in [-0.25, -0.2) is 0 Å². The summed E-state index contributed by atoms with van der Waals surface area (Å²) < 4.78 is 0. The van der Waals surface area contributed by atoms with Crippen molar-refractivity contribution in [3.05, 3.63) is 70.8 Å². The molecule has 0 unspecified atom stereocenters. The van der Waals surface area contributed by atoms with Crippen molar-refractivity contribution in [1.82, 2.24) is 51.4 Å². The van der Waals surface area contributed by atoms with Gasteiger partial charge in [0, 0.05) is 44.6 Å². The van der Waals surface area contributed by atoms with E-state index in [0.717, 1.165) is 49.7 Å². The second kappa shape index (κ2) is 26.3. The van der Waals surface area contributed by atoms with Crippen LogP contribution in [0.4, 0.5) is 0 Å². The number of likely N-dealkylation sites (tertiary alicyclic amines) is 2. The van der Waals surface area contributed by atoms with Gasteiger partial charge < -0.3 is 52.2 Å². The molecule has 2 aliphatic carbocycles. The molecular weight excluding hydrogens is 953 g/mol. The molecule has 6 rings (SSSR count). The first-order valence-electron chi connectivity index (χ1n) is 27.0. The topological polar surface area (TPSA) is 248 Å². The summed E-state index contributed by atoms with van der Waals surface area (Å²) in [5.41, 5.74) is 10.1. The average molecular weight is 1040 g/mol. The fourth-order valence-corrected chi connectivity index (χ4v) is 10.7. The lowest BCUT2D eigenvalue weighted by Crippen LogP contribution is -2.59.